The Labute approximate surface area is 180 Å². The fraction of sp³-hybridized carbons (Fsp3) is 0.267. The van der Waals surface area contributed by atoms with E-state index in [1.165, 1.54) is 53.5 Å². The van der Waals surface area contributed by atoms with Gasteiger partial charge < -0.3 is 0 Å². The molecule has 1 fully saturated rings. The molecule has 0 saturated heterocycles. The molecule has 0 N–H and O–H groups in total. The normalized spacial score (nSPS) is 27.2. The average Bonchev–Trinajstić information content (AvgIpc) is 2.84. The molecule has 30 heavy (non-hydrogen) atoms. The van der Waals surface area contributed by atoms with Gasteiger partial charge in [0.25, 0.3) is 0 Å². The average molecular weight is 389 g/mol. The summed E-state index contributed by atoms with van der Waals surface area (Å²) in [4.78, 5) is 0. The molecule has 4 atom stereocenters. The van der Waals surface area contributed by atoms with Crippen LogP contribution in [-0.2, 0) is 0 Å². The van der Waals surface area contributed by atoms with Gasteiger partial charge in [0.05, 0.1) is 0 Å². The van der Waals surface area contributed by atoms with Crippen LogP contribution in [0.5, 0.6) is 0 Å². The first-order chi connectivity index (χ1) is 14.9. The first-order valence-electron chi connectivity index (χ1n) is 11.5. The minimum Gasteiger partial charge on any atom is -0.0723 e. The lowest BCUT2D eigenvalue weighted by Gasteiger charge is -2.47. The lowest BCUT2D eigenvalue weighted by atomic mass is 9.57. The Kier molecular flexibility index (Phi) is 4.45. The molecule has 3 aromatic rings. The van der Waals surface area contributed by atoms with Gasteiger partial charge in [0.2, 0.25) is 0 Å². The zero-order valence-electron chi connectivity index (χ0n) is 17.4. The minimum atomic E-state index is 0.489. The van der Waals surface area contributed by atoms with Gasteiger partial charge in [0.1, 0.15) is 0 Å². The molecule has 0 nitrogen and oxygen atoms in total. The van der Waals surface area contributed by atoms with Crippen molar-refractivity contribution in [1.82, 2.24) is 0 Å². The highest BCUT2D eigenvalue weighted by molar-refractivity contribution is 5.85. The van der Waals surface area contributed by atoms with Gasteiger partial charge in [0.15, 0.2) is 0 Å². The smallest absolute Gasteiger partial charge is 0.00962 e. The van der Waals surface area contributed by atoms with E-state index in [1.807, 2.05) is 0 Å². The van der Waals surface area contributed by atoms with Gasteiger partial charge in [-0.05, 0) is 64.0 Å². The lowest BCUT2D eigenvalue weighted by molar-refractivity contribution is 0.207. The van der Waals surface area contributed by atoms with Gasteiger partial charge in [-0.15, -0.1) is 0 Å². The van der Waals surface area contributed by atoms with Crippen molar-refractivity contribution in [3.63, 3.8) is 0 Å². The molecule has 148 valence electrons. The van der Waals surface area contributed by atoms with Gasteiger partial charge in [0, 0.05) is 5.92 Å². The zero-order chi connectivity index (χ0) is 19.9. The third-order valence-electron chi connectivity index (χ3n) is 7.65. The molecule has 0 radical (unpaired) electrons. The van der Waals surface area contributed by atoms with Crippen molar-refractivity contribution in [2.75, 3.05) is 0 Å². The number of hydrogen-bond donors (Lipinski definition) is 0. The van der Waals surface area contributed by atoms with Crippen LogP contribution < -0.4 is 0 Å². The largest absolute Gasteiger partial charge is 0.0723 e. The summed E-state index contributed by atoms with van der Waals surface area (Å²) < 4.78 is 0. The van der Waals surface area contributed by atoms with Crippen LogP contribution in [0.15, 0.2) is 97.1 Å². The maximum Gasteiger partial charge on any atom is 0.00962 e. The van der Waals surface area contributed by atoms with Gasteiger partial charge in [-0.1, -0.05) is 110 Å². The fourth-order valence-electron chi connectivity index (χ4n) is 6.35. The molecule has 0 spiro atoms. The van der Waals surface area contributed by atoms with Crippen molar-refractivity contribution in [3.8, 4) is 0 Å². The van der Waals surface area contributed by atoms with E-state index in [2.05, 4.69) is 97.1 Å². The molecule has 0 heterocycles. The molecule has 0 aliphatic heterocycles. The van der Waals surface area contributed by atoms with Crippen molar-refractivity contribution < 1.29 is 0 Å². The highest BCUT2D eigenvalue weighted by atomic mass is 14.5. The van der Waals surface area contributed by atoms with E-state index in [9.17, 15) is 0 Å². The molecular weight excluding hydrogens is 360 g/mol. The maximum atomic E-state index is 2.64. The number of rotatable bonds is 2. The molecule has 0 amide bonds. The summed E-state index contributed by atoms with van der Waals surface area (Å²) in [6, 6.07) is 31.3. The summed E-state index contributed by atoms with van der Waals surface area (Å²) in [6.07, 6.45) is 10.7. The molecule has 1 saturated carbocycles. The lowest BCUT2D eigenvalue weighted by Crippen LogP contribution is -2.35. The summed E-state index contributed by atoms with van der Waals surface area (Å²) in [5.41, 5.74) is 8.77. The van der Waals surface area contributed by atoms with Crippen molar-refractivity contribution in [2.24, 2.45) is 17.8 Å². The Bertz CT molecular complexity index is 1100. The molecule has 0 heteroatoms. The molecule has 3 aliphatic carbocycles. The SMILES string of the molecule is C1=C(c2ccccc2)c2ccccc2C2C=C(c3ccccc3)C3CCCCC3C12. The van der Waals surface area contributed by atoms with E-state index in [0.29, 0.717) is 17.8 Å². The van der Waals surface area contributed by atoms with Gasteiger partial charge >= 0.3 is 0 Å². The standard InChI is InChI=1S/C30H28/c1-3-11-21(12-4-1)27-19-29-26-18-10-8-16-24(26)28(22-13-5-2-6-14-22)20-30(29)25-17-9-7-15-23(25)27/h1-7,9,11-15,17,19-20,24,26,29-30H,8,10,16,18H2. The summed E-state index contributed by atoms with van der Waals surface area (Å²) in [5.74, 6) is 2.54. The Balaban J connectivity index is 1.55. The van der Waals surface area contributed by atoms with Crippen LogP contribution in [0.25, 0.3) is 11.1 Å². The molecular formula is C30H28. The Morgan fingerprint density at radius 3 is 2.07 bits per heavy atom. The molecule has 3 aromatic carbocycles. The Morgan fingerprint density at radius 1 is 0.600 bits per heavy atom. The van der Waals surface area contributed by atoms with E-state index in [4.69, 9.17) is 0 Å². The maximum absolute atomic E-state index is 2.64. The summed E-state index contributed by atoms with van der Waals surface area (Å²) in [7, 11) is 0. The minimum absolute atomic E-state index is 0.489. The molecule has 6 rings (SSSR count). The van der Waals surface area contributed by atoms with Crippen molar-refractivity contribution in [2.45, 2.75) is 31.6 Å². The second-order valence-electron chi connectivity index (χ2n) is 9.18. The van der Waals surface area contributed by atoms with Crippen LogP contribution >= 0.6 is 0 Å². The van der Waals surface area contributed by atoms with Crippen molar-refractivity contribution in [3.05, 3.63) is 119 Å². The fourth-order valence-corrected chi connectivity index (χ4v) is 6.35. The van der Waals surface area contributed by atoms with Crippen molar-refractivity contribution in [1.29, 1.82) is 0 Å². The van der Waals surface area contributed by atoms with Crippen LogP contribution in [0, 0.1) is 17.8 Å². The summed E-state index contributed by atoms with van der Waals surface area (Å²) in [6.45, 7) is 0. The summed E-state index contributed by atoms with van der Waals surface area (Å²) >= 11 is 0. The zero-order valence-corrected chi connectivity index (χ0v) is 17.4. The van der Waals surface area contributed by atoms with E-state index >= 15 is 0 Å². The van der Waals surface area contributed by atoms with E-state index < -0.39 is 0 Å². The third-order valence-corrected chi connectivity index (χ3v) is 7.65. The van der Waals surface area contributed by atoms with E-state index in [0.717, 1.165) is 5.92 Å². The summed E-state index contributed by atoms with van der Waals surface area (Å²) in [5, 5.41) is 0. The quantitative estimate of drug-likeness (QED) is 0.421. The predicted octanol–water partition coefficient (Wildman–Crippen LogP) is 7.74. The first-order valence-corrected chi connectivity index (χ1v) is 11.5. The second kappa shape index (κ2) is 7.43. The number of fused-ring (bicyclic) bond motifs is 5. The third kappa shape index (κ3) is 2.89. The van der Waals surface area contributed by atoms with Crippen LogP contribution in [0.2, 0.25) is 0 Å². The van der Waals surface area contributed by atoms with Crippen LogP contribution in [0.4, 0.5) is 0 Å². The molecule has 4 unspecified atom stereocenters. The van der Waals surface area contributed by atoms with E-state index in [1.54, 1.807) is 5.57 Å². The first kappa shape index (κ1) is 18.0. The van der Waals surface area contributed by atoms with Gasteiger partial charge in [-0.2, -0.15) is 0 Å². The molecule has 0 bridgehead atoms. The molecule has 0 aromatic heterocycles. The highest BCUT2D eigenvalue weighted by Crippen LogP contribution is 2.56. The van der Waals surface area contributed by atoms with E-state index in [-0.39, 0.29) is 0 Å². The van der Waals surface area contributed by atoms with Crippen LogP contribution in [0.1, 0.15) is 53.9 Å². The Morgan fingerprint density at radius 2 is 1.27 bits per heavy atom. The molecule has 3 aliphatic rings. The Hall–Kier alpha value is -2.86. The van der Waals surface area contributed by atoms with Gasteiger partial charge in [-0.25, -0.2) is 0 Å². The number of hydrogen-bond acceptors (Lipinski definition) is 0. The number of benzene rings is 3. The second-order valence-corrected chi connectivity index (χ2v) is 9.18. The predicted molar refractivity (Wildman–Crippen MR) is 126 cm³/mol. The monoisotopic (exact) mass is 388 g/mol. The van der Waals surface area contributed by atoms with Crippen molar-refractivity contribution >= 4 is 11.1 Å². The van der Waals surface area contributed by atoms with Crippen LogP contribution in [0.3, 0.4) is 0 Å². The van der Waals surface area contributed by atoms with Gasteiger partial charge in [-0.3, -0.25) is 0 Å². The topological polar surface area (TPSA) is 0 Å². The number of allylic oxidation sites excluding steroid dienone is 3. The highest BCUT2D eigenvalue weighted by Gasteiger charge is 2.43. The van der Waals surface area contributed by atoms with Crippen LogP contribution in [-0.4, -0.2) is 0 Å².